The van der Waals surface area contributed by atoms with Crippen molar-refractivity contribution in [1.29, 1.82) is 0 Å². The zero-order chi connectivity index (χ0) is 17.9. The number of benzene rings is 3. The molecule has 1 heterocycles. The van der Waals surface area contributed by atoms with Gasteiger partial charge in [-0.1, -0.05) is 18.2 Å². The molecule has 0 N–H and O–H groups in total. The fraction of sp³-hybridized carbons (Fsp3) is 0.0909. The second kappa shape index (κ2) is 7.10. The van der Waals surface area contributed by atoms with E-state index >= 15 is 0 Å². The van der Waals surface area contributed by atoms with E-state index in [1.54, 1.807) is 25.6 Å². The Morgan fingerprint density at radius 3 is 1.73 bits per heavy atom. The van der Waals surface area contributed by atoms with Crippen LogP contribution in [0.2, 0.25) is 0 Å². The van der Waals surface area contributed by atoms with E-state index in [2.05, 4.69) is 59.5 Å². The number of hydrogen-bond donors (Lipinski definition) is 0. The number of anilines is 3. The lowest BCUT2D eigenvalue weighted by Crippen LogP contribution is -2.08. The van der Waals surface area contributed by atoms with Crippen LogP contribution in [0.3, 0.4) is 0 Å². The second-order valence-electron chi connectivity index (χ2n) is 5.85. The van der Waals surface area contributed by atoms with Gasteiger partial charge in [-0.15, -0.1) is 11.3 Å². The lowest BCUT2D eigenvalue weighted by atomic mass is 10.2. The van der Waals surface area contributed by atoms with Crippen molar-refractivity contribution in [3.63, 3.8) is 0 Å². The third-order valence-corrected chi connectivity index (χ3v) is 5.40. The summed E-state index contributed by atoms with van der Waals surface area (Å²) < 4.78 is 11.9. The highest BCUT2D eigenvalue weighted by Crippen LogP contribution is 2.42. The maximum atomic E-state index is 5.31. The van der Waals surface area contributed by atoms with Crippen LogP contribution in [-0.4, -0.2) is 14.2 Å². The predicted molar refractivity (Wildman–Crippen MR) is 110 cm³/mol. The number of ether oxygens (including phenoxy) is 2. The largest absolute Gasteiger partial charge is 0.497 e. The van der Waals surface area contributed by atoms with Crippen LogP contribution in [0.15, 0.2) is 78.9 Å². The molecule has 0 bridgehead atoms. The number of methoxy groups -OCH3 is 2. The Morgan fingerprint density at radius 1 is 0.692 bits per heavy atom. The first-order valence-electron chi connectivity index (χ1n) is 8.35. The molecule has 0 saturated carbocycles. The van der Waals surface area contributed by atoms with E-state index in [1.807, 2.05) is 24.3 Å². The molecule has 130 valence electrons. The number of rotatable bonds is 5. The Bertz CT molecular complexity index is 926. The highest BCUT2D eigenvalue weighted by molar-refractivity contribution is 7.23. The van der Waals surface area contributed by atoms with E-state index in [9.17, 15) is 0 Å². The van der Waals surface area contributed by atoms with Crippen LogP contribution in [0, 0.1) is 0 Å². The first kappa shape index (κ1) is 16.5. The molecule has 1 aromatic heterocycles. The van der Waals surface area contributed by atoms with Crippen molar-refractivity contribution in [1.82, 2.24) is 0 Å². The van der Waals surface area contributed by atoms with Crippen LogP contribution in [0.4, 0.5) is 16.4 Å². The van der Waals surface area contributed by atoms with E-state index in [0.29, 0.717) is 0 Å². The molecule has 0 saturated heterocycles. The van der Waals surface area contributed by atoms with E-state index in [0.717, 1.165) is 22.9 Å². The molecule has 0 aliphatic heterocycles. The molecule has 0 spiro atoms. The lowest BCUT2D eigenvalue weighted by molar-refractivity contribution is 0.415. The van der Waals surface area contributed by atoms with Crippen LogP contribution in [-0.2, 0) is 0 Å². The van der Waals surface area contributed by atoms with Gasteiger partial charge in [-0.3, -0.25) is 0 Å². The standard InChI is InChI=1S/C22H19NO2S/c1-24-19-11-7-17(8-12-19)23(18-9-13-20(25-2)14-10-18)22-15-16-5-3-4-6-21(16)26-22/h3-15H,1-2H3. The number of nitrogens with zero attached hydrogens (tertiary/aromatic N) is 1. The van der Waals surface area contributed by atoms with Gasteiger partial charge in [0.1, 0.15) is 16.5 Å². The monoisotopic (exact) mass is 361 g/mol. The summed E-state index contributed by atoms with van der Waals surface area (Å²) in [6, 6.07) is 26.9. The highest BCUT2D eigenvalue weighted by atomic mass is 32.1. The number of thiophene rings is 1. The molecule has 4 aromatic rings. The SMILES string of the molecule is COc1ccc(N(c2ccc(OC)cc2)c2cc3ccccc3s2)cc1. The summed E-state index contributed by atoms with van der Waals surface area (Å²) in [5.74, 6) is 1.69. The first-order chi connectivity index (χ1) is 12.8. The third kappa shape index (κ3) is 3.11. The molecule has 0 fully saturated rings. The van der Waals surface area contributed by atoms with Crippen LogP contribution in [0.1, 0.15) is 0 Å². The second-order valence-corrected chi connectivity index (χ2v) is 6.92. The number of hydrogen-bond acceptors (Lipinski definition) is 4. The minimum Gasteiger partial charge on any atom is -0.497 e. The Kier molecular flexibility index (Phi) is 4.50. The minimum absolute atomic E-state index is 0.847. The highest BCUT2D eigenvalue weighted by Gasteiger charge is 2.15. The fourth-order valence-electron chi connectivity index (χ4n) is 2.94. The van der Waals surface area contributed by atoms with Crippen molar-refractivity contribution in [3.8, 4) is 11.5 Å². The molecular formula is C22H19NO2S. The summed E-state index contributed by atoms with van der Waals surface area (Å²) in [5, 5.41) is 2.42. The van der Waals surface area contributed by atoms with E-state index < -0.39 is 0 Å². The van der Waals surface area contributed by atoms with E-state index in [4.69, 9.17) is 9.47 Å². The Balaban J connectivity index is 1.84. The third-order valence-electron chi connectivity index (χ3n) is 4.29. The average Bonchev–Trinajstić information content (AvgIpc) is 3.13. The van der Waals surface area contributed by atoms with Gasteiger partial charge in [-0.2, -0.15) is 0 Å². The molecule has 0 radical (unpaired) electrons. The summed E-state index contributed by atoms with van der Waals surface area (Å²) in [4.78, 5) is 2.25. The predicted octanol–water partition coefficient (Wildman–Crippen LogP) is 6.39. The average molecular weight is 361 g/mol. The molecule has 0 aliphatic rings. The van der Waals surface area contributed by atoms with Gasteiger partial charge in [0, 0.05) is 16.1 Å². The van der Waals surface area contributed by atoms with Gasteiger partial charge < -0.3 is 14.4 Å². The van der Waals surface area contributed by atoms with Crippen LogP contribution in [0.5, 0.6) is 11.5 Å². The Morgan fingerprint density at radius 2 is 1.23 bits per heavy atom. The van der Waals surface area contributed by atoms with Crippen LogP contribution in [0.25, 0.3) is 10.1 Å². The maximum Gasteiger partial charge on any atom is 0.119 e. The molecule has 0 unspecified atom stereocenters. The Hall–Kier alpha value is -2.98. The van der Waals surface area contributed by atoms with Gasteiger partial charge in [0.05, 0.1) is 14.2 Å². The molecule has 4 heteroatoms. The van der Waals surface area contributed by atoms with Crippen LogP contribution < -0.4 is 14.4 Å². The summed E-state index contributed by atoms with van der Waals surface area (Å²) in [6.07, 6.45) is 0. The van der Waals surface area contributed by atoms with Crippen molar-refractivity contribution in [2.75, 3.05) is 19.1 Å². The molecule has 0 atom stereocenters. The van der Waals surface area contributed by atoms with Crippen LogP contribution >= 0.6 is 11.3 Å². The van der Waals surface area contributed by atoms with Gasteiger partial charge in [0.2, 0.25) is 0 Å². The van der Waals surface area contributed by atoms with Crippen molar-refractivity contribution in [2.45, 2.75) is 0 Å². The van der Waals surface area contributed by atoms with Gasteiger partial charge in [0.25, 0.3) is 0 Å². The Labute approximate surface area is 157 Å². The molecule has 26 heavy (non-hydrogen) atoms. The molecular weight excluding hydrogens is 342 g/mol. The van der Waals surface area contributed by atoms with Gasteiger partial charge in [-0.05, 0) is 66.0 Å². The number of fused-ring (bicyclic) bond motifs is 1. The van der Waals surface area contributed by atoms with Gasteiger partial charge in [-0.25, -0.2) is 0 Å². The summed E-state index contributed by atoms with van der Waals surface area (Å²) >= 11 is 1.78. The summed E-state index contributed by atoms with van der Waals surface area (Å²) in [6.45, 7) is 0. The zero-order valence-electron chi connectivity index (χ0n) is 14.7. The molecule has 4 rings (SSSR count). The normalized spacial score (nSPS) is 10.7. The topological polar surface area (TPSA) is 21.7 Å². The van der Waals surface area contributed by atoms with Crippen molar-refractivity contribution >= 4 is 37.8 Å². The van der Waals surface area contributed by atoms with Gasteiger partial charge in [0.15, 0.2) is 0 Å². The lowest BCUT2D eigenvalue weighted by Gasteiger charge is -2.24. The quantitative estimate of drug-likeness (QED) is 0.411. The molecule has 3 nitrogen and oxygen atoms in total. The molecule has 0 aliphatic carbocycles. The van der Waals surface area contributed by atoms with E-state index in [1.165, 1.54) is 15.1 Å². The molecule has 3 aromatic carbocycles. The summed E-state index contributed by atoms with van der Waals surface area (Å²) in [5.41, 5.74) is 2.17. The van der Waals surface area contributed by atoms with Crippen molar-refractivity contribution < 1.29 is 9.47 Å². The first-order valence-corrected chi connectivity index (χ1v) is 9.17. The zero-order valence-corrected chi connectivity index (χ0v) is 15.5. The van der Waals surface area contributed by atoms with Crippen molar-refractivity contribution in [2.24, 2.45) is 0 Å². The van der Waals surface area contributed by atoms with Crippen molar-refractivity contribution in [3.05, 3.63) is 78.9 Å². The molecule has 0 amide bonds. The smallest absolute Gasteiger partial charge is 0.119 e. The van der Waals surface area contributed by atoms with E-state index in [-0.39, 0.29) is 0 Å². The maximum absolute atomic E-state index is 5.31. The fourth-order valence-corrected chi connectivity index (χ4v) is 4.05. The minimum atomic E-state index is 0.847. The summed E-state index contributed by atoms with van der Waals surface area (Å²) in [7, 11) is 3.37. The van der Waals surface area contributed by atoms with Gasteiger partial charge >= 0.3 is 0 Å².